The molecule has 0 radical (unpaired) electrons. The molecule has 10 heteroatoms. The molecule has 10 nitrogen and oxygen atoms in total. The Hall–Kier alpha value is -2.36. The van der Waals surface area contributed by atoms with Crippen LogP contribution < -0.4 is 5.32 Å². The maximum absolute atomic E-state index is 12.4. The van der Waals surface area contributed by atoms with Gasteiger partial charge in [0.05, 0.1) is 18.8 Å². The number of nitrogens with one attached hydrogen (secondary N) is 1. The average molecular weight is 385 g/mol. The van der Waals surface area contributed by atoms with Crippen molar-refractivity contribution in [3.8, 4) is 0 Å². The number of aliphatic hydroxyl groups excluding tert-OH is 1. The fraction of sp³-hybridized carbons (Fsp3) is 0.765. The Labute approximate surface area is 157 Å². The number of piperidine rings is 1. The lowest BCUT2D eigenvalue weighted by atomic mass is 9.76. The van der Waals surface area contributed by atoms with Gasteiger partial charge in [-0.05, 0) is 26.7 Å². The molecule has 2 rings (SSSR count). The molecule has 2 saturated heterocycles. The van der Waals surface area contributed by atoms with E-state index in [4.69, 9.17) is 9.47 Å². The van der Waals surface area contributed by atoms with Crippen molar-refractivity contribution in [3.05, 3.63) is 0 Å². The molecule has 0 aromatic carbocycles. The Balaban J connectivity index is 2.04. The maximum Gasteiger partial charge on any atom is 0.325 e. The molecule has 2 heterocycles. The Morgan fingerprint density at radius 3 is 2.33 bits per heavy atom. The largest absolute Gasteiger partial charge is 0.466 e. The van der Waals surface area contributed by atoms with Crippen LogP contribution in [-0.4, -0.2) is 90.3 Å². The van der Waals surface area contributed by atoms with Crippen LogP contribution in [0.25, 0.3) is 0 Å². The van der Waals surface area contributed by atoms with Crippen LogP contribution in [0.15, 0.2) is 0 Å². The predicted octanol–water partition coefficient (Wildman–Crippen LogP) is -0.894. The van der Waals surface area contributed by atoms with Crippen molar-refractivity contribution in [2.45, 2.75) is 38.3 Å². The predicted molar refractivity (Wildman–Crippen MR) is 92.5 cm³/mol. The van der Waals surface area contributed by atoms with E-state index in [9.17, 15) is 24.3 Å². The Bertz CT molecular complexity index is 601. The number of hydrogen-bond acceptors (Lipinski definition) is 7. The number of carbonyl (C=O) groups is 4. The summed E-state index contributed by atoms with van der Waals surface area (Å²) in [6.07, 6.45) is -0.802. The number of esters is 2. The number of likely N-dealkylation sites (tertiary alicyclic amines) is 2. The van der Waals surface area contributed by atoms with E-state index >= 15 is 0 Å². The highest BCUT2D eigenvalue weighted by Gasteiger charge is 2.61. The number of aliphatic hydroxyl groups is 1. The number of ether oxygens (including phenoxy) is 2. The van der Waals surface area contributed by atoms with Gasteiger partial charge in [-0.3, -0.25) is 14.4 Å². The van der Waals surface area contributed by atoms with Gasteiger partial charge in [0, 0.05) is 20.1 Å². The number of amides is 3. The lowest BCUT2D eigenvalue weighted by Crippen LogP contribution is -2.58. The smallest absolute Gasteiger partial charge is 0.325 e. The molecule has 3 amide bonds. The van der Waals surface area contributed by atoms with Gasteiger partial charge >= 0.3 is 18.0 Å². The van der Waals surface area contributed by atoms with Crippen LogP contribution in [0, 0.1) is 5.92 Å². The monoisotopic (exact) mass is 385 g/mol. The van der Waals surface area contributed by atoms with Gasteiger partial charge < -0.3 is 29.7 Å². The molecular weight excluding hydrogens is 358 g/mol. The molecular formula is C17H27N3O7. The zero-order valence-electron chi connectivity index (χ0n) is 15.9. The first-order valence-electron chi connectivity index (χ1n) is 9.09. The molecule has 2 aliphatic rings. The third-order valence-electron chi connectivity index (χ3n) is 5.29. The molecule has 27 heavy (non-hydrogen) atoms. The number of hydrogen-bond donors (Lipinski definition) is 2. The van der Waals surface area contributed by atoms with Crippen LogP contribution >= 0.6 is 0 Å². The summed E-state index contributed by atoms with van der Waals surface area (Å²) in [6, 6.07) is -0.418. The van der Waals surface area contributed by atoms with Crippen LogP contribution in [0.2, 0.25) is 0 Å². The van der Waals surface area contributed by atoms with Gasteiger partial charge in [0.15, 0.2) is 0 Å². The summed E-state index contributed by atoms with van der Waals surface area (Å²) in [5, 5.41) is 12.8. The van der Waals surface area contributed by atoms with Crippen LogP contribution in [0.5, 0.6) is 0 Å². The number of likely N-dealkylation sites (N-methyl/N-ethyl adjacent to an activating group) is 1. The fourth-order valence-electron chi connectivity index (χ4n) is 3.86. The number of urea groups is 1. The third-order valence-corrected chi connectivity index (χ3v) is 5.29. The van der Waals surface area contributed by atoms with Crippen molar-refractivity contribution in [1.29, 1.82) is 0 Å². The Kier molecular flexibility index (Phi) is 6.63. The first-order valence-corrected chi connectivity index (χ1v) is 9.09. The zero-order valence-corrected chi connectivity index (χ0v) is 15.9. The molecule has 2 atom stereocenters. The minimum atomic E-state index is -1.45. The maximum atomic E-state index is 12.4. The molecule has 152 valence electrons. The van der Waals surface area contributed by atoms with Crippen LogP contribution in [0.1, 0.15) is 26.7 Å². The van der Waals surface area contributed by atoms with Crippen LogP contribution in [0.3, 0.4) is 0 Å². The topological polar surface area (TPSA) is 125 Å². The van der Waals surface area contributed by atoms with Gasteiger partial charge in [-0.25, -0.2) is 4.79 Å². The van der Waals surface area contributed by atoms with Gasteiger partial charge in [0.2, 0.25) is 0 Å². The zero-order chi connectivity index (χ0) is 20.2. The van der Waals surface area contributed by atoms with Crippen molar-refractivity contribution in [2.24, 2.45) is 5.92 Å². The molecule has 2 N–H and O–H groups in total. The molecule has 0 bridgehead atoms. The molecule has 0 aromatic heterocycles. The van der Waals surface area contributed by atoms with Crippen molar-refractivity contribution in [3.63, 3.8) is 0 Å². The molecule has 2 fully saturated rings. The Morgan fingerprint density at radius 2 is 1.78 bits per heavy atom. The normalized spacial score (nSPS) is 24.1. The van der Waals surface area contributed by atoms with Crippen molar-refractivity contribution >= 4 is 23.9 Å². The summed E-state index contributed by atoms with van der Waals surface area (Å²) < 4.78 is 9.82. The minimum absolute atomic E-state index is 0.151. The van der Waals surface area contributed by atoms with Gasteiger partial charge in [-0.1, -0.05) is 0 Å². The summed E-state index contributed by atoms with van der Waals surface area (Å²) in [6.45, 7) is 4.05. The highest BCUT2D eigenvalue weighted by atomic mass is 16.5. The fourth-order valence-corrected chi connectivity index (χ4v) is 3.86. The minimum Gasteiger partial charge on any atom is -0.466 e. The first-order chi connectivity index (χ1) is 12.8. The molecule has 0 aromatic rings. The quantitative estimate of drug-likeness (QED) is 0.588. The van der Waals surface area contributed by atoms with Crippen molar-refractivity contribution in [2.75, 3.05) is 39.9 Å². The Morgan fingerprint density at radius 1 is 1.19 bits per heavy atom. The van der Waals surface area contributed by atoms with E-state index in [2.05, 4.69) is 5.32 Å². The van der Waals surface area contributed by atoms with Gasteiger partial charge in [-0.2, -0.15) is 0 Å². The summed E-state index contributed by atoms with van der Waals surface area (Å²) in [5.41, 5.74) is -0.888. The molecule has 0 unspecified atom stereocenters. The van der Waals surface area contributed by atoms with Crippen LogP contribution in [0.4, 0.5) is 4.79 Å². The second kappa shape index (κ2) is 8.55. The standard InChI is InChI=1S/C17H27N3O7/c1-4-26-11(21)10-18-16(25)20-8-6-17(7-9-20)12(15(24)27-5-2)13(22)14(23)19(17)3/h12-13,22H,4-10H2,1-3H3,(H,18,25)/t12-,13-/m1/s1. The summed E-state index contributed by atoms with van der Waals surface area (Å²) in [7, 11) is 1.56. The van der Waals surface area contributed by atoms with E-state index in [1.807, 2.05) is 0 Å². The third kappa shape index (κ3) is 4.00. The van der Waals surface area contributed by atoms with E-state index in [0.717, 1.165) is 0 Å². The lowest BCUT2D eigenvalue weighted by molar-refractivity contribution is -0.156. The SMILES string of the molecule is CCOC(=O)CNC(=O)N1CCC2(CC1)[C@@H](C(=O)OCC)[C@@H](O)C(=O)N2C. The molecule has 0 saturated carbocycles. The number of rotatable bonds is 5. The molecule has 1 spiro atoms. The number of nitrogens with zero attached hydrogens (tertiary/aromatic N) is 2. The lowest BCUT2D eigenvalue weighted by Gasteiger charge is -2.45. The van der Waals surface area contributed by atoms with E-state index < -0.39 is 41.4 Å². The highest BCUT2D eigenvalue weighted by molar-refractivity contribution is 5.92. The van der Waals surface area contributed by atoms with E-state index in [0.29, 0.717) is 12.8 Å². The van der Waals surface area contributed by atoms with E-state index in [-0.39, 0.29) is 32.8 Å². The average Bonchev–Trinajstić information content (AvgIpc) is 2.82. The second-order valence-corrected chi connectivity index (χ2v) is 6.63. The highest BCUT2D eigenvalue weighted by Crippen LogP contribution is 2.43. The number of carbonyl (C=O) groups excluding carboxylic acids is 4. The van der Waals surface area contributed by atoms with Crippen LogP contribution in [-0.2, 0) is 23.9 Å². The van der Waals surface area contributed by atoms with Gasteiger partial charge in [0.1, 0.15) is 18.6 Å². The molecule has 0 aliphatic carbocycles. The van der Waals surface area contributed by atoms with E-state index in [1.54, 1.807) is 20.9 Å². The molecule has 2 aliphatic heterocycles. The summed E-state index contributed by atoms with van der Waals surface area (Å²) >= 11 is 0. The first kappa shape index (κ1) is 20.9. The van der Waals surface area contributed by atoms with Crippen molar-refractivity contribution in [1.82, 2.24) is 15.1 Å². The summed E-state index contributed by atoms with van der Waals surface area (Å²) in [4.78, 5) is 51.1. The summed E-state index contributed by atoms with van der Waals surface area (Å²) in [5.74, 6) is -2.64. The van der Waals surface area contributed by atoms with E-state index in [1.165, 1.54) is 9.80 Å². The van der Waals surface area contributed by atoms with Gasteiger partial charge in [0.25, 0.3) is 5.91 Å². The van der Waals surface area contributed by atoms with Gasteiger partial charge in [-0.15, -0.1) is 0 Å². The second-order valence-electron chi connectivity index (χ2n) is 6.63. The van der Waals surface area contributed by atoms with Crippen molar-refractivity contribution < 1.29 is 33.8 Å².